The van der Waals surface area contributed by atoms with Gasteiger partial charge < -0.3 is 5.73 Å². The van der Waals surface area contributed by atoms with E-state index in [1.54, 1.807) is 11.3 Å². The van der Waals surface area contributed by atoms with Crippen molar-refractivity contribution in [1.82, 2.24) is 4.98 Å². The predicted octanol–water partition coefficient (Wildman–Crippen LogP) is 2.95. The number of aryl methyl sites for hydroxylation is 2. The van der Waals surface area contributed by atoms with Gasteiger partial charge in [0.2, 0.25) is 0 Å². The summed E-state index contributed by atoms with van der Waals surface area (Å²) in [6, 6.07) is 0.224. The number of hydrogen-bond acceptors (Lipinski definition) is 3. The van der Waals surface area contributed by atoms with Crippen molar-refractivity contribution < 1.29 is 0 Å². The zero-order valence-corrected chi connectivity index (χ0v) is 9.73. The molecule has 0 saturated heterocycles. The second kappa shape index (κ2) is 3.99. The standard InChI is InChI=1S/C11H18N2S/c1-7-11(14-8(2)13-7)10(12)6-5-9-3-4-9/h9-10H,3-6,12H2,1-2H3. The molecular formula is C11H18N2S. The van der Waals surface area contributed by atoms with Crippen molar-refractivity contribution in [3.05, 3.63) is 15.6 Å². The van der Waals surface area contributed by atoms with Gasteiger partial charge in [-0.25, -0.2) is 4.98 Å². The minimum absolute atomic E-state index is 0.224. The lowest BCUT2D eigenvalue weighted by Gasteiger charge is -2.09. The third-order valence-corrected chi connectivity index (χ3v) is 4.06. The first-order valence-corrected chi connectivity index (χ1v) is 6.18. The fraction of sp³-hybridized carbons (Fsp3) is 0.727. The zero-order chi connectivity index (χ0) is 10.1. The van der Waals surface area contributed by atoms with Gasteiger partial charge in [0.25, 0.3) is 0 Å². The molecule has 0 aromatic carbocycles. The molecule has 1 aliphatic rings. The molecule has 1 atom stereocenters. The van der Waals surface area contributed by atoms with E-state index in [9.17, 15) is 0 Å². The van der Waals surface area contributed by atoms with E-state index in [4.69, 9.17) is 5.73 Å². The summed E-state index contributed by atoms with van der Waals surface area (Å²) < 4.78 is 0. The SMILES string of the molecule is Cc1nc(C)c(C(N)CCC2CC2)s1. The van der Waals surface area contributed by atoms with Gasteiger partial charge in [-0.15, -0.1) is 11.3 Å². The van der Waals surface area contributed by atoms with Crippen molar-refractivity contribution in [1.29, 1.82) is 0 Å². The number of thiazole rings is 1. The maximum atomic E-state index is 6.16. The van der Waals surface area contributed by atoms with E-state index in [1.807, 2.05) is 0 Å². The molecule has 0 bridgehead atoms. The quantitative estimate of drug-likeness (QED) is 0.830. The molecule has 1 aromatic heterocycles. The van der Waals surface area contributed by atoms with Crippen LogP contribution < -0.4 is 5.73 Å². The first-order chi connectivity index (χ1) is 6.66. The van der Waals surface area contributed by atoms with Crippen molar-refractivity contribution in [3.63, 3.8) is 0 Å². The van der Waals surface area contributed by atoms with Crippen LogP contribution >= 0.6 is 11.3 Å². The molecule has 1 unspecified atom stereocenters. The highest BCUT2D eigenvalue weighted by atomic mass is 32.1. The Morgan fingerprint density at radius 3 is 2.71 bits per heavy atom. The lowest BCUT2D eigenvalue weighted by molar-refractivity contribution is 0.579. The highest BCUT2D eigenvalue weighted by molar-refractivity contribution is 7.11. The molecule has 14 heavy (non-hydrogen) atoms. The van der Waals surface area contributed by atoms with Crippen LogP contribution in [0.4, 0.5) is 0 Å². The molecule has 1 saturated carbocycles. The molecular weight excluding hydrogens is 192 g/mol. The van der Waals surface area contributed by atoms with Gasteiger partial charge in [-0.1, -0.05) is 12.8 Å². The second-order valence-corrected chi connectivity index (χ2v) is 5.54. The Balaban J connectivity index is 1.94. The highest BCUT2D eigenvalue weighted by Crippen LogP contribution is 2.36. The molecule has 0 radical (unpaired) electrons. The summed E-state index contributed by atoms with van der Waals surface area (Å²) >= 11 is 1.76. The smallest absolute Gasteiger partial charge is 0.0900 e. The number of nitrogens with two attached hydrogens (primary N) is 1. The fourth-order valence-corrected chi connectivity index (χ4v) is 2.81. The maximum absolute atomic E-state index is 6.16. The van der Waals surface area contributed by atoms with Crippen LogP contribution in [0, 0.1) is 19.8 Å². The van der Waals surface area contributed by atoms with Crippen molar-refractivity contribution in [2.24, 2.45) is 11.7 Å². The zero-order valence-electron chi connectivity index (χ0n) is 8.92. The van der Waals surface area contributed by atoms with Crippen LogP contribution in [-0.2, 0) is 0 Å². The van der Waals surface area contributed by atoms with Crippen molar-refractivity contribution in [2.75, 3.05) is 0 Å². The van der Waals surface area contributed by atoms with Crippen LogP contribution in [-0.4, -0.2) is 4.98 Å². The molecule has 2 nitrogen and oxygen atoms in total. The van der Waals surface area contributed by atoms with Gasteiger partial charge in [0.15, 0.2) is 0 Å². The Morgan fingerprint density at radius 1 is 1.50 bits per heavy atom. The summed E-state index contributed by atoms with van der Waals surface area (Å²) in [5, 5.41) is 1.14. The van der Waals surface area contributed by atoms with E-state index in [2.05, 4.69) is 18.8 Å². The average molecular weight is 210 g/mol. The van der Waals surface area contributed by atoms with Crippen LogP contribution in [0.1, 0.15) is 47.3 Å². The maximum Gasteiger partial charge on any atom is 0.0900 e. The van der Waals surface area contributed by atoms with Crippen molar-refractivity contribution in [2.45, 2.75) is 45.6 Å². The van der Waals surface area contributed by atoms with E-state index in [0.29, 0.717) is 0 Å². The van der Waals surface area contributed by atoms with E-state index in [-0.39, 0.29) is 6.04 Å². The van der Waals surface area contributed by atoms with Crippen LogP contribution in [0.3, 0.4) is 0 Å². The molecule has 2 rings (SSSR count). The summed E-state index contributed by atoms with van der Waals surface area (Å²) in [7, 11) is 0. The van der Waals surface area contributed by atoms with Crippen LogP contribution in [0.25, 0.3) is 0 Å². The minimum atomic E-state index is 0.224. The van der Waals surface area contributed by atoms with Gasteiger partial charge in [-0.05, 0) is 32.6 Å². The first kappa shape index (κ1) is 10.1. The van der Waals surface area contributed by atoms with Crippen molar-refractivity contribution >= 4 is 11.3 Å². The number of rotatable bonds is 4. The summed E-state index contributed by atoms with van der Waals surface area (Å²) in [6.07, 6.45) is 5.28. The summed E-state index contributed by atoms with van der Waals surface area (Å²) in [5.41, 5.74) is 7.29. The lowest BCUT2D eigenvalue weighted by Crippen LogP contribution is -2.10. The van der Waals surface area contributed by atoms with Gasteiger partial charge >= 0.3 is 0 Å². The number of nitrogens with zero attached hydrogens (tertiary/aromatic N) is 1. The summed E-state index contributed by atoms with van der Waals surface area (Å²) in [6.45, 7) is 4.12. The average Bonchev–Trinajstić information content (AvgIpc) is 2.88. The third kappa shape index (κ3) is 2.34. The largest absolute Gasteiger partial charge is 0.323 e. The number of aromatic nitrogens is 1. The fourth-order valence-electron chi connectivity index (χ4n) is 1.84. The van der Waals surface area contributed by atoms with Gasteiger partial charge in [0.1, 0.15) is 0 Å². The molecule has 1 heterocycles. The van der Waals surface area contributed by atoms with Gasteiger partial charge in [-0.3, -0.25) is 0 Å². The molecule has 0 amide bonds. The Hall–Kier alpha value is -0.410. The molecule has 0 aliphatic heterocycles. The Labute approximate surface area is 89.5 Å². The van der Waals surface area contributed by atoms with Gasteiger partial charge in [-0.2, -0.15) is 0 Å². The highest BCUT2D eigenvalue weighted by Gasteiger charge is 2.23. The molecule has 1 aliphatic carbocycles. The molecule has 0 spiro atoms. The Kier molecular flexibility index (Phi) is 2.88. The minimum Gasteiger partial charge on any atom is -0.323 e. The Morgan fingerprint density at radius 2 is 2.21 bits per heavy atom. The van der Waals surface area contributed by atoms with E-state index >= 15 is 0 Å². The monoisotopic (exact) mass is 210 g/mol. The second-order valence-electron chi connectivity index (χ2n) is 4.31. The lowest BCUT2D eigenvalue weighted by atomic mass is 10.1. The van der Waals surface area contributed by atoms with Gasteiger partial charge in [0.05, 0.1) is 10.7 Å². The van der Waals surface area contributed by atoms with Crippen LogP contribution in [0.15, 0.2) is 0 Å². The number of hydrogen-bond donors (Lipinski definition) is 1. The van der Waals surface area contributed by atoms with E-state index in [1.165, 1.54) is 24.1 Å². The van der Waals surface area contributed by atoms with E-state index in [0.717, 1.165) is 23.0 Å². The summed E-state index contributed by atoms with van der Waals surface area (Å²) in [5.74, 6) is 0.982. The topological polar surface area (TPSA) is 38.9 Å². The Bertz CT molecular complexity index is 315. The third-order valence-electron chi connectivity index (χ3n) is 2.86. The molecule has 78 valence electrons. The van der Waals surface area contributed by atoms with Gasteiger partial charge in [0, 0.05) is 10.9 Å². The van der Waals surface area contributed by atoms with Crippen molar-refractivity contribution in [3.8, 4) is 0 Å². The van der Waals surface area contributed by atoms with Crippen LogP contribution in [0.2, 0.25) is 0 Å². The van der Waals surface area contributed by atoms with Crippen LogP contribution in [0.5, 0.6) is 0 Å². The molecule has 1 fully saturated rings. The first-order valence-electron chi connectivity index (χ1n) is 5.36. The van der Waals surface area contributed by atoms with E-state index < -0.39 is 0 Å². The molecule has 1 aromatic rings. The summed E-state index contributed by atoms with van der Waals surface area (Å²) in [4.78, 5) is 5.71. The molecule has 3 heteroatoms. The predicted molar refractivity (Wildman–Crippen MR) is 60.5 cm³/mol. The normalized spacial score (nSPS) is 18.5. The molecule has 2 N–H and O–H groups in total.